The molecule has 1 unspecified atom stereocenters. The summed E-state index contributed by atoms with van der Waals surface area (Å²) in [5.41, 5.74) is 0.463. The molecule has 0 aliphatic heterocycles. The Bertz CT molecular complexity index is 409. The van der Waals surface area contributed by atoms with Crippen LogP contribution in [0.5, 0.6) is 0 Å². The summed E-state index contributed by atoms with van der Waals surface area (Å²) in [6.45, 7) is 4.31. The van der Waals surface area contributed by atoms with Gasteiger partial charge in [-0.3, -0.25) is 0 Å². The van der Waals surface area contributed by atoms with E-state index in [9.17, 15) is 4.79 Å². The molecule has 0 bridgehead atoms. The molecule has 1 aromatic heterocycles. The zero-order chi connectivity index (χ0) is 11.2. The first-order chi connectivity index (χ1) is 6.92. The monoisotopic (exact) mass is 227 g/mol. The normalized spacial score (nSPS) is 23.5. The minimum Gasteiger partial charge on any atom is -0.477 e. The first-order valence-electron chi connectivity index (χ1n) is 5.02. The minimum atomic E-state index is -0.912. The van der Waals surface area contributed by atoms with Crippen molar-refractivity contribution in [3.8, 4) is 0 Å². The number of nitrogens with zero attached hydrogens (tertiary/aromatic N) is 1. The van der Waals surface area contributed by atoms with Gasteiger partial charge in [0.05, 0.1) is 5.02 Å². The Kier molecular flexibility index (Phi) is 2.30. The topological polar surface area (TPSA) is 42.2 Å². The van der Waals surface area contributed by atoms with Gasteiger partial charge in [-0.05, 0) is 24.3 Å². The second-order valence-corrected chi connectivity index (χ2v) is 5.24. The molecule has 1 saturated carbocycles. The van der Waals surface area contributed by atoms with Gasteiger partial charge >= 0.3 is 5.97 Å². The number of aromatic carboxylic acids is 1. The average Bonchev–Trinajstić information content (AvgIpc) is 2.45. The van der Waals surface area contributed by atoms with Crippen molar-refractivity contribution in [3.05, 3.63) is 23.0 Å². The van der Waals surface area contributed by atoms with Gasteiger partial charge in [0.25, 0.3) is 0 Å². The van der Waals surface area contributed by atoms with Crippen LogP contribution in [-0.4, -0.2) is 15.6 Å². The van der Waals surface area contributed by atoms with Crippen LogP contribution in [0.25, 0.3) is 0 Å². The van der Waals surface area contributed by atoms with Crippen molar-refractivity contribution in [2.75, 3.05) is 0 Å². The molecule has 4 heteroatoms. The predicted octanol–water partition coefficient (Wildman–Crippen LogP) is 3.20. The van der Waals surface area contributed by atoms with Gasteiger partial charge < -0.3 is 9.67 Å². The van der Waals surface area contributed by atoms with E-state index in [1.54, 1.807) is 10.8 Å². The second kappa shape index (κ2) is 3.27. The Morgan fingerprint density at radius 1 is 1.67 bits per heavy atom. The van der Waals surface area contributed by atoms with Crippen molar-refractivity contribution in [2.24, 2.45) is 5.41 Å². The Hall–Kier alpha value is -0.960. The van der Waals surface area contributed by atoms with E-state index in [4.69, 9.17) is 16.7 Å². The van der Waals surface area contributed by atoms with Gasteiger partial charge in [-0.15, -0.1) is 0 Å². The fraction of sp³-hybridized carbons (Fsp3) is 0.545. The highest BCUT2D eigenvalue weighted by Gasteiger charge is 2.40. The molecular weight excluding hydrogens is 214 g/mol. The van der Waals surface area contributed by atoms with E-state index in [1.165, 1.54) is 6.07 Å². The summed E-state index contributed by atoms with van der Waals surface area (Å²) in [6.07, 6.45) is 3.88. The van der Waals surface area contributed by atoms with Crippen LogP contribution < -0.4 is 0 Å². The molecule has 0 saturated heterocycles. The summed E-state index contributed by atoms with van der Waals surface area (Å²) in [5.74, 6) is -0.912. The molecule has 3 nitrogen and oxygen atoms in total. The minimum absolute atomic E-state index is 0.173. The van der Waals surface area contributed by atoms with Gasteiger partial charge in [0.2, 0.25) is 0 Å². The van der Waals surface area contributed by atoms with Gasteiger partial charge in [0.15, 0.2) is 0 Å². The lowest BCUT2D eigenvalue weighted by Crippen LogP contribution is -2.37. The zero-order valence-electron chi connectivity index (χ0n) is 8.83. The number of carbonyl (C=O) groups is 1. The molecular formula is C11H14ClNO2. The van der Waals surface area contributed by atoms with Gasteiger partial charge in [0, 0.05) is 12.2 Å². The number of hydrogen-bond donors (Lipinski definition) is 1. The maximum absolute atomic E-state index is 11.0. The Morgan fingerprint density at radius 3 is 2.73 bits per heavy atom. The molecule has 82 valence electrons. The molecule has 0 aromatic carbocycles. The third-order valence-electron chi connectivity index (χ3n) is 3.33. The molecule has 1 aliphatic rings. The summed E-state index contributed by atoms with van der Waals surface area (Å²) in [7, 11) is 0. The molecule has 0 radical (unpaired) electrons. The van der Waals surface area contributed by atoms with E-state index < -0.39 is 5.97 Å². The zero-order valence-corrected chi connectivity index (χ0v) is 9.58. The van der Waals surface area contributed by atoms with Crippen LogP contribution in [0.15, 0.2) is 12.3 Å². The molecule has 15 heavy (non-hydrogen) atoms. The average molecular weight is 228 g/mol. The van der Waals surface area contributed by atoms with Crippen LogP contribution in [0.1, 0.15) is 43.2 Å². The lowest BCUT2D eigenvalue weighted by molar-refractivity contribution is 0.0603. The summed E-state index contributed by atoms with van der Waals surface area (Å²) in [6, 6.07) is 1.77. The van der Waals surface area contributed by atoms with Crippen LogP contribution in [-0.2, 0) is 0 Å². The van der Waals surface area contributed by atoms with Crippen molar-refractivity contribution in [1.82, 2.24) is 4.57 Å². The Labute approximate surface area is 93.7 Å². The molecule has 1 aromatic rings. The van der Waals surface area contributed by atoms with Crippen LogP contribution in [0.3, 0.4) is 0 Å². The first kappa shape index (κ1) is 10.6. The predicted molar refractivity (Wildman–Crippen MR) is 58.5 cm³/mol. The van der Waals surface area contributed by atoms with Gasteiger partial charge in [-0.1, -0.05) is 25.4 Å². The van der Waals surface area contributed by atoms with Crippen molar-refractivity contribution < 1.29 is 9.90 Å². The van der Waals surface area contributed by atoms with Crippen molar-refractivity contribution in [2.45, 2.75) is 32.7 Å². The van der Waals surface area contributed by atoms with E-state index in [1.807, 2.05) is 0 Å². The quantitative estimate of drug-likeness (QED) is 0.843. The van der Waals surface area contributed by atoms with Crippen molar-refractivity contribution >= 4 is 17.6 Å². The van der Waals surface area contributed by atoms with Crippen molar-refractivity contribution in [1.29, 1.82) is 0 Å². The summed E-state index contributed by atoms with van der Waals surface area (Å²) >= 11 is 5.84. The molecule has 0 amide bonds. The Morgan fingerprint density at radius 2 is 2.33 bits per heavy atom. The van der Waals surface area contributed by atoms with Gasteiger partial charge in [0.1, 0.15) is 5.69 Å². The van der Waals surface area contributed by atoms with Crippen molar-refractivity contribution in [3.63, 3.8) is 0 Å². The third-order valence-corrected chi connectivity index (χ3v) is 3.54. The Balaban J connectivity index is 2.39. The molecule has 1 N–H and O–H groups in total. The standard InChI is InChI=1S/C11H14ClNO2/c1-11(2)4-3-9(11)13-6-7(12)5-8(13)10(14)15/h5-6,9H,3-4H2,1-2H3,(H,14,15). The van der Waals surface area contributed by atoms with Gasteiger partial charge in [-0.25, -0.2) is 4.79 Å². The largest absolute Gasteiger partial charge is 0.477 e. The fourth-order valence-corrected chi connectivity index (χ4v) is 2.45. The van der Waals surface area contributed by atoms with E-state index >= 15 is 0 Å². The highest BCUT2D eigenvalue weighted by atomic mass is 35.5. The van der Waals surface area contributed by atoms with E-state index in [0.717, 1.165) is 12.8 Å². The summed E-state index contributed by atoms with van der Waals surface area (Å²) in [4.78, 5) is 11.0. The van der Waals surface area contributed by atoms with E-state index in [0.29, 0.717) is 5.02 Å². The number of halogens is 1. The number of rotatable bonds is 2. The smallest absolute Gasteiger partial charge is 0.352 e. The van der Waals surface area contributed by atoms with Crippen LogP contribution in [0, 0.1) is 5.41 Å². The lowest BCUT2D eigenvalue weighted by atomic mass is 9.67. The van der Waals surface area contributed by atoms with Crippen LogP contribution in [0.4, 0.5) is 0 Å². The van der Waals surface area contributed by atoms with Crippen LogP contribution in [0.2, 0.25) is 5.02 Å². The maximum Gasteiger partial charge on any atom is 0.352 e. The molecule has 1 aliphatic carbocycles. The van der Waals surface area contributed by atoms with Gasteiger partial charge in [-0.2, -0.15) is 0 Å². The number of hydrogen-bond acceptors (Lipinski definition) is 1. The van der Waals surface area contributed by atoms with E-state index in [2.05, 4.69) is 13.8 Å². The summed E-state index contributed by atoms with van der Waals surface area (Å²) in [5, 5.41) is 9.53. The number of aromatic nitrogens is 1. The van der Waals surface area contributed by atoms with E-state index in [-0.39, 0.29) is 17.2 Å². The molecule has 2 rings (SSSR count). The maximum atomic E-state index is 11.0. The lowest BCUT2D eigenvalue weighted by Gasteiger charge is -2.45. The second-order valence-electron chi connectivity index (χ2n) is 4.80. The molecule has 1 heterocycles. The highest BCUT2D eigenvalue weighted by molar-refractivity contribution is 6.30. The molecule has 1 fully saturated rings. The molecule has 1 atom stereocenters. The van der Waals surface area contributed by atoms with Crippen LogP contribution >= 0.6 is 11.6 Å². The first-order valence-corrected chi connectivity index (χ1v) is 5.40. The summed E-state index contributed by atoms with van der Waals surface area (Å²) < 4.78 is 1.80. The number of carboxylic acid groups (broad SMARTS) is 1. The fourth-order valence-electron chi connectivity index (χ4n) is 2.24. The SMILES string of the molecule is CC1(C)CCC1n1cc(Cl)cc1C(=O)O. The molecule has 0 spiro atoms. The highest BCUT2D eigenvalue weighted by Crippen LogP contribution is 2.50. The number of carboxylic acids is 1. The third kappa shape index (κ3) is 1.65.